The van der Waals surface area contributed by atoms with Gasteiger partial charge in [-0.15, -0.1) is 5.10 Å². The molecule has 1 aliphatic heterocycles. The van der Waals surface area contributed by atoms with Crippen LogP contribution < -0.4 is 0 Å². The van der Waals surface area contributed by atoms with Gasteiger partial charge in [0.05, 0.1) is 25.4 Å². The van der Waals surface area contributed by atoms with Crippen molar-refractivity contribution in [3.8, 4) is 0 Å². The lowest BCUT2D eigenvalue weighted by molar-refractivity contribution is -0.139. The summed E-state index contributed by atoms with van der Waals surface area (Å²) in [6, 6.07) is 0. The van der Waals surface area contributed by atoms with Gasteiger partial charge in [-0.05, 0) is 31.1 Å². The molecule has 0 unspecified atom stereocenters. The molecule has 126 valence electrons. The van der Waals surface area contributed by atoms with Crippen LogP contribution in [-0.2, 0) is 24.5 Å². The fraction of sp³-hybridized carbons (Fsp3) is 0.824. The maximum Gasteiger partial charge on any atom is 0.226 e. The van der Waals surface area contributed by atoms with Gasteiger partial charge in [-0.1, -0.05) is 30.9 Å². The molecule has 2 saturated carbocycles. The van der Waals surface area contributed by atoms with E-state index in [1.54, 1.807) is 0 Å². The topological polar surface area (TPSA) is 71.2 Å². The van der Waals surface area contributed by atoms with Crippen molar-refractivity contribution >= 4 is 5.91 Å². The zero-order chi connectivity index (χ0) is 15.8. The van der Waals surface area contributed by atoms with Crippen LogP contribution in [0.15, 0.2) is 0 Å². The van der Waals surface area contributed by atoms with Crippen LogP contribution in [0.1, 0.15) is 56.3 Å². The standard InChI is InChI=1S/C17H26N4O2/c22-11-15-16-10-20(7-8-21(16)19-18-15)17(23)14-6-5-12-3-1-2-4-13(12)9-14/h12-14,22H,1-11H2/t12-,13+,14-/m1/s1. The second-order valence-corrected chi connectivity index (χ2v) is 7.44. The van der Waals surface area contributed by atoms with E-state index in [-0.39, 0.29) is 12.5 Å². The highest BCUT2D eigenvalue weighted by molar-refractivity contribution is 5.79. The molecule has 2 heterocycles. The number of aromatic nitrogens is 3. The maximum absolute atomic E-state index is 13.0. The summed E-state index contributed by atoms with van der Waals surface area (Å²) in [4.78, 5) is 14.9. The summed E-state index contributed by atoms with van der Waals surface area (Å²) in [5.41, 5.74) is 1.51. The van der Waals surface area contributed by atoms with Gasteiger partial charge in [0.25, 0.3) is 0 Å². The molecule has 3 atom stereocenters. The Balaban J connectivity index is 1.43. The second-order valence-electron chi connectivity index (χ2n) is 7.44. The zero-order valence-electron chi connectivity index (χ0n) is 13.7. The lowest BCUT2D eigenvalue weighted by atomic mass is 9.67. The highest BCUT2D eigenvalue weighted by atomic mass is 16.3. The van der Waals surface area contributed by atoms with Crippen molar-refractivity contribution in [2.45, 2.75) is 64.6 Å². The fourth-order valence-electron chi connectivity index (χ4n) is 4.86. The van der Waals surface area contributed by atoms with E-state index in [9.17, 15) is 9.90 Å². The summed E-state index contributed by atoms with van der Waals surface area (Å²) in [7, 11) is 0. The first kappa shape index (κ1) is 15.1. The minimum Gasteiger partial charge on any atom is -0.390 e. The molecule has 1 N–H and O–H groups in total. The monoisotopic (exact) mass is 318 g/mol. The SMILES string of the molecule is O=C([C@@H]1CC[C@H]2CCCC[C@H]2C1)N1CCn2nnc(CO)c2C1. The number of carbonyl (C=O) groups is 1. The molecule has 6 nitrogen and oxygen atoms in total. The van der Waals surface area contributed by atoms with Gasteiger partial charge in [0.1, 0.15) is 5.69 Å². The molecule has 6 heteroatoms. The Bertz CT molecular complexity index is 572. The van der Waals surface area contributed by atoms with Crippen molar-refractivity contribution < 1.29 is 9.90 Å². The first-order chi connectivity index (χ1) is 11.3. The van der Waals surface area contributed by atoms with Crippen LogP contribution in [0.4, 0.5) is 0 Å². The van der Waals surface area contributed by atoms with Gasteiger partial charge in [-0.2, -0.15) is 0 Å². The largest absolute Gasteiger partial charge is 0.390 e. The number of aliphatic hydroxyl groups excluding tert-OH is 1. The van der Waals surface area contributed by atoms with E-state index in [2.05, 4.69) is 10.3 Å². The van der Waals surface area contributed by atoms with Gasteiger partial charge in [-0.3, -0.25) is 4.79 Å². The molecular formula is C17H26N4O2. The molecule has 2 aliphatic carbocycles. The molecule has 23 heavy (non-hydrogen) atoms. The predicted octanol–water partition coefficient (Wildman–Crippen LogP) is 1.72. The van der Waals surface area contributed by atoms with Crippen molar-refractivity contribution in [2.75, 3.05) is 6.54 Å². The maximum atomic E-state index is 13.0. The van der Waals surface area contributed by atoms with Gasteiger partial charge in [0, 0.05) is 12.5 Å². The molecule has 0 spiro atoms. The van der Waals surface area contributed by atoms with Crippen LogP contribution in [0.5, 0.6) is 0 Å². The van der Waals surface area contributed by atoms with Crippen molar-refractivity contribution in [1.29, 1.82) is 0 Å². The number of fused-ring (bicyclic) bond motifs is 2. The average molecular weight is 318 g/mol. The molecule has 1 amide bonds. The molecule has 2 fully saturated rings. The number of hydrogen-bond acceptors (Lipinski definition) is 4. The quantitative estimate of drug-likeness (QED) is 0.901. The molecule has 0 radical (unpaired) electrons. The Morgan fingerprint density at radius 1 is 1.13 bits per heavy atom. The van der Waals surface area contributed by atoms with Crippen LogP contribution in [0.3, 0.4) is 0 Å². The molecule has 0 aromatic carbocycles. The minimum absolute atomic E-state index is 0.107. The molecular weight excluding hydrogens is 292 g/mol. The van der Waals surface area contributed by atoms with Crippen LogP contribution >= 0.6 is 0 Å². The first-order valence-electron chi connectivity index (χ1n) is 9.07. The Hall–Kier alpha value is -1.43. The van der Waals surface area contributed by atoms with E-state index < -0.39 is 0 Å². The second kappa shape index (κ2) is 6.23. The van der Waals surface area contributed by atoms with Crippen LogP contribution in [0, 0.1) is 17.8 Å². The third-order valence-corrected chi connectivity index (χ3v) is 6.19. The summed E-state index contributed by atoms with van der Waals surface area (Å²) in [5, 5.41) is 17.4. The number of amides is 1. The molecule has 1 aromatic heterocycles. The van der Waals surface area contributed by atoms with Crippen molar-refractivity contribution in [3.05, 3.63) is 11.4 Å². The molecule has 0 saturated heterocycles. The number of carbonyl (C=O) groups excluding carboxylic acids is 1. The van der Waals surface area contributed by atoms with E-state index in [4.69, 9.17) is 0 Å². The third kappa shape index (κ3) is 2.77. The fourth-order valence-corrected chi connectivity index (χ4v) is 4.86. The number of aliphatic hydroxyl groups is 1. The smallest absolute Gasteiger partial charge is 0.226 e. The molecule has 4 rings (SSSR count). The summed E-state index contributed by atoms with van der Waals surface area (Å²) >= 11 is 0. The molecule has 3 aliphatic rings. The Labute approximate surface area is 136 Å². The molecule has 0 bridgehead atoms. The number of rotatable bonds is 2. The Morgan fingerprint density at radius 3 is 2.78 bits per heavy atom. The number of nitrogens with zero attached hydrogens (tertiary/aromatic N) is 4. The van der Waals surface area contributed by atoms with Gasteiger partial charge in [-0.25, -0.2) is 4.68 Å². The summed E-state index contributed by atoms with van der Waals surface area (Å²) in [6.45, 7) is 1.84. The van der Waals surface area contributed by atoms with Gasteiger partial charge in [0.2, 0.25) is 5.91 Å². The van der Waals surface area contributed by atoms with E-state index in [1.165, 1.54) is 32.1 Å². The predicted molar refractivity (Wildman–Crippen MR) is 84.2 cm³/mol. The van der Waals surface area contributed by atoms with E-state index in [0.29, 0.717) is 31.2 Å². The van der Waals surface area contributed by atoms with Crippen LogP contribution in [0.25, 0.3) is 0 Å². The van der Waals surface area contributed by atoms with Gasteiger partial charge in [0.15, 0.2) is 0 Å². The summed E-state index contributed by atoms with van der Waals surface area (Å²) in [6.07, 6.45) is 8.80. The lowest BCUT2D eigenvalue weighted by Crippen LogP contribution is -2.44. The minimum atomic E-state index is -0.107. The van der Waals surface area contributed by atoms with Crippen molar-refractivity contribution in [3.63, 3.8) is 0 Å². The van der Waals surface area contributed by atoms with Crippen LogP contribution in [0.2, 0.25) is 0 Å². The van der Waals surface area contributed by atoms with E-state index >= 15 is 0 Å². The van der Waals surface area contributed by atoms with Gasteiger partial charge >= 0.3 is 0 Å². The number of hydrogen-bond donors (Lipinski definition) is 1. The third-order valence-electron chi connectivity index (χ3n) is 6.19. The van der Waals surface area contributed by atoms with Crippen molar-refractivity contribution in [2.24, 2.45) is 17.8 Å². The van der Waals surface area contributed by atoms with Crippen molar-refractivity contribution in [1.82, 2.24) is 19.9 Å². The summed E-state index contributed by atoms with van der Waals surface area (Å²) < 4.78 is 1.83. The Kier molecular flexibility index (Phi) is 4.09. The zero-order valence-corrected chi connectivity index (χ0v) is 13.7. The first-order valence-corrected chi connectivity index (χ1v) is 9.07. The normalized spacial score (nSPS) is 30.7. The van der Waals surface area contributed by atoms with E-state index in [1.807, 2.05) is 9.58 Å². The van der Waals surface area contributed by atoms with E-state index in [0.717, 1.165) is 30.4 Å². The Morgan fingerprint density at radius 2 is 1.96 bits per heavy atom. The van der Waals surface area contributed by atoms with Gasteiger partial charge < -0.3 is 10.0 Å². The highest BCUT2D eigenvalue weighted by Crippen LogP contribution is 2.43. The highest BCUT2D eigenvalue weighted by Gasteiger charge is 2.37. The summed E-state index contributed by atoms with van der Waals surface area (Å²) in [5.74, 6) is 2.16. The van der Waals surface area contributed by atoms with Crippen LogP contribution in [-0.4, -0.2) is 37.5 Å². The molecule has 1 aromatic rings. The lowest BCUT2D eigenvalue weighted by Gasteiger charge is -2.40. The average Bonchev–Trinajstić information content (AvgIpc) is 3.03.